The van der Waals surface area contributed by atoms with Crippen molar-refractivity contribution in [2.24, 2.45) is 5.11 Å². The van der Waals surface area contributed by atoms with Crippen LogP contribution in [0.15, 0.2) is 23.3 Å². The molecule has 1 aromatic rings. The third-order valence-electron chi connectivity index (χ3n) is 2.88. The zero-order valence-corrected chi connectivity index (χ0v) is 20.4. The molecule has 0 aromatic heterocycles. The first-order valence-corrected chi connectivity index (χ1v) is 10.8. The van der Waals surface area contributed by atoms with Crippen LogP contribution in [0.4, 0.5) is 0 Å². The number of benzene rings is 1. The second-order valence-electron chi connectivity index (χ2n) is 5.04. The summed E-state index contributed by atoms with van der Waals surface area (Å²) in [7, 11) is 0. The summed E-state index contributed by atoms with van der Waals surface area (Å²) < 4.78 is 15.0. The average Bonchev–Trinajstić information content (AvgIpc) is 2.57. The minimum Gasteiger partial charge on any atom is -0.504 e. The van der Waals surface area contributed by atoms with E-state index in [4.69, 9.17) is 19.7 Å². The van der Waals surface area contributed by atoms with E-state index in [9.17, 15) is 14.7 Å². The second kappa shape index (κ2) is 12.8. The molecule has 0 amide bonds. The average molecular weight is 715 g/mol. The van der Waals surface area contributed by atoms with Gasteiger partial charge >= 0.3 is 5.97 Å². The zero-order chi connectivity index (χ0) is 20.3. The normalized spacial score (nSPS) is 10.8. The Kier molecular flexibility index (Phi) is 11.6. The number of Topliss-reactive ketones (excluding diaryl/α,β-unsaturated/α-hetero) is 1. The lowest BCUT2D eigenvalue weighted by molar-refractivity contribution is -0.145. The van der Waals surface area contributed by atoms with Crippen LogP contribution in [0.5, 0.6) is 11.5 Å². The minimum absolute atomic E-state index is 0.00378. The van der Waals surface area contributed by atoms with E-state index in [0.717, 1.165) is 0 Å². The van der Waals surface area contributed by atoms with Crippen molar-refractivity contribution in [3.63, 3.8) is 0 Å². The molecule has 1 aromatic carbocycles. The highest BCUT2D eigenvalue weighted by molar-refractivity contribution is 14.3. The van der Waals surface area contributed by atoms with Gasteiger partial charge in [-0.25, -0.2) is 0 Å². The van der Waals surface area contributed by atoms with Gasteiger partial charge in [0.1, 0.15) is 6.61 Å². The SMILES string of the molecule is [N-]=[N+]=NCCOC(=O)CCOCC(=O)Cc1ccc(O)c(OC(I)(I)I)c1. The van der Waals surface area contributed by atoms with Crippen molar-refractivity contribution in [1.29, 1.82) is 0 Å². The molecule has 0 aliphatic heterocycles. The number of phenols is 1. The number of ketones is 1. The van der Waals surface area contributed by atoms with Gasteiger partial charge in [-0.15, -0.1) is 0 Å². The maximum absolute atomic E-state index is 12.0. The quantitative estimate of drug-likeness (QED) is 0.0662. The van der Waals surface area contributed by atoms with Crippen molar-refractivity contribution in [3.8, 4) is 11.5 Å². The van der Waals surface area contributed by atoms with E-state index in [0.29, 0.717) is 11.3 Å². The Hall–Kier alpha value is -0.580. The largest absolute Gasteiger partial charge is 0.504 e. The Morgan fingerprint density at radius 2 is 2.00 bits per heavy atom. The Morgan fingerprint density at radius 3 is 2.67 bits per heavy atom. The van der Waals surface area contributed by atoms with Crippen LogP contribution in [-0.4, -0.2) is 42.8 Å². The smallest absolute Gasteiger partial charge is 0.308 e. The van der Waals surface area contributed by atoms with Crippen molar-refractivity contribution < 1.29 is 28.9 Å². The third kappa shape index (κ3) is 11.8. The van der Waals surface area contributed by atoms with E-state index in [-0.39, 0.29) is 50.7 Å². The number of alkyl halides is 3. The molecule has 148 valence electrons. The summed E-state index contributed by atoms with van der Waals surface area (Å²) in [6, 6.07) is 4.72. The molecule has 0 bridgehead atoms. The van der Waals surface area contributed by atoms with Gasteiger partial charge in [0.2, 0.25) is 0 Å². The van der Waals surface area contributed by atoms with Crippen molar-refractivity contribution in [1.82, 2.24) is 0 Å². The highest BCUT2D eigenvalue weighted by atomic mass is 127. The Bertz CT molecular complexity index is 705. The van der Waals surface area contributed by atoms with Crippen molar-refractivity contribution in [2.45, 2.75) is 12.5 Å². The predicted molar refractivity (Wildman–Crippen MR) is 123 cm³/mol. The summed E-state index contributed by atoms with van der Waals surface area (Å²) in [5, 5.41) is 13.1. The predicted octanol–water partition coefficient (Wildman–Crippen LogP) is 4.06. The maximum Gasteiger partial charge on any atom is 0.308 e. The molecule has 0 unspecified atom stereocenters. The summed E-state index contributed by atoms with van der Waals surface area (Å²) in [6.07, 6.45) is 0.119. The lowest BCUT2D eigenvalue weighted by Gasteiger charge is -2.17. The van der Waals surface area contributed by atoms with E-state index in [1.165, 1.54) is 6.07 Å². The fourth-order valence-electron chi connectivity index (χ4n) is 1.81. The van der Waals surface area contributed by atoms with Crippen LogP contribution in [0.1, 0.15) is 12.0 Å². The monoisotopic (exact) mass is 715 g/mol. The molecular weight excluding hydrogens is 699 g/mol. The van der Waals surface area contributed by atoms with Crippen LogP contribution in [0.25, 0.3) is 10.4 Å². The highest BCUT2D eigenvalue weighted by Crippen LogP contribution is 2.41. The number of phenolic OH excluding ortho intramolecular Hbond substituents is 1. The molecule has 0 aliphatic carbocycles. The Labute approximate surface area is 196 Å². The van der Waals surface area contributed by atoms with E-state index >= 15 is 0 Å². The number of nitrogens with zero attached hydrogens (tertiary/aromatic N) is 3. The van der Waals surface area contributed by atoms with Gasteiger partial charge in [-0.3, -0.25) is 9.59 Å². The second-order valence-corrected chi connectivity index (χ2v) is 15.8. The Morgan fingerprint density at radius 1 is 1.26 bits per heavy atom. The molecule has 0 fully saturated rings. The number of hydrogen-bond acceptors (Lipinski definition) is 7. The minimum atomic E-state index is -0.563. The molecule has 12 heteroatoms. The summed E-state index contributed by atoms with van der Waals surface area (Å²) in [5.74, 6) is -0.373. The van der Waals surface area contributed by atoms with E-state index in [1.54, 1.807) is 12.1 Å². The summed E-state index contributed by atoms with van der Waals surface area (Å²) in [5.41, 5.74) is 8.77. The van der Waals surface area contributed by atoms with Gasteiger partial charge < -0.3 is 19.3 Å². The van der Waals surface area contributed by atoms with Gasteiger partial charge in [-0.05, 0) is 91.0 Å². The van der Waals surface area contributed by atoms with Crippen LogP contribution in [-0.2, 0) is 25.5 Å². The van der Waals surface area contributed by atoms with Gasteiger partial charge in [0.25, 0.3) is -0.379 Å². The molecule has 0 spiro atoms. The summed E-state index contributed by atoms with van der Waals surface area (Å²) in [4.78, 5) is 25.9. The van der Waals surface area contributed by atoms with E-state index in [1.807, 2.05) is 0 Å². The number of halogens is 3. The molecule has 9 nitrogen and oxygen atoms in total. The first kappa shape index (κ1) is 24.5. The van der Waals surface area contributed by atoms with Crippen LogP contribution in [0.2, 0.25) is 0 Å². The first-order chi connectivity index (χ1) is 12.7. The lowest BCUT2D eigenvalue weighted by atomic mass is 10.1. The number of rotatable bonds is 12. The molecular formula is C15H16I3N3O6. The Balaban J connectivity index is 2.35. The third-order valence-corrected chi connectivity index (χ3v) is 3.54. The molecule has 0 radical (unpaired) electrons. The molecule has 0 saturated carbocycles. The van der Waals surface area contributed by atoms with Crippen LogP contribution in [0, 0.1) is 0 Å². The summed E-state index contributed by atoms with van der Waals surface area (Å²) in [6.45, 7) is 0.00264. The van der Waals surface area contributed by atoms with Crippen molar-refractivity contribution in [3.05, 3.63) is 34.2 Å². The zero-order valence-electron chi connectivity index (χ0n) is 13.9. The van der Waals surface area contributed by atoms with Gasteiger partial charge in [-0.2, -0.15) is 0 Å². The number of carbonyl (C=O) groups excluding carboxylic acids is 2. The lowest BCUT2D eigenvalue weighted by Crippen LogP contribution is -2.15. The molecule has 27 heavy (non-hydrogen) atoms. The molecule has 0 heterocycles. The fraction of sp³-hybridized carbons (Fsp3) is 0.467. The van der Waals surface area contributed by atoms with Crippen molar-refractivity contribution in [2.75, 3.05) is 26.4 Å². The van der Waals surface area contributed by atoms with E-state index in [2.05, 4.69) is 77.8 Å². The van der Waals surface area contributed by atoms with Gasteiger partial charge in [0.15, 0.2) is 17.3 Å². The van der Waals surface area contributed by atoms with Crippen LogP contribution < -0.4 is 4.74 Å². The van der Waals surface area contributed by atoms with Crippen LogP contribution in [0.3, 0.4) is 0 Å². The number of hydrogen-bond donors (Lipinski definition) is 1. The molecule has 1 rings (SSSR count). The molecule has 0 aliphatic rings. The number of azide groups is 1. The van der Waals surface area contributed by atoms with Gasteiger partial charge in [-0.1, -0.05) is 11.2 Å². The summed E-state index contributed by atoms with van der Waals surface area (Å²) >= 11 is 6.20. The van der Waals surface area contributed by atoms with E-state index < -0.39 is 5.59 Å². The van der Waals surface area contributed by atoms with Gasteiger partial charge in [0, 0.05) is 11.3 Å². The van der Waals surface area contributed by atoms with Gasteiger partial charge in [0.05, 0.1) is 26.2 Å². The standard InChI is InChI=1S/C15H16I3N3O6/c16-15(17,18)27-13-8-10(1-2-12(13)23)7-11(22)9-25-5-3-14(24)26-6-4-20-21-19/h1-2,8,23H,3-7,9H2. The molecule has 0 atom stereocenters. The van der Waals surface area contributed by atoms with Crippen LogP contribution >= 0.6 is 67.8 Å². The topological polar surface area (TPSA) is 131 Å². The number of aromatic hydroxyl groups is 1. The molecule has 0 saturated heterocycles. The number of ether oxygens (including phenoxy) is 3. The van der Waals surface area contributed by atoms with Crippen molar-refractivity contribution >= 4 is 79.5 Å². The first-order valence-electron chi connectivity index (χ1n) is 7.55. The number of esters is 1. The fourth-order valence-corrected chi connectivity index (χ4v) is 2.52. The highest BCUT2D eigenvalue weighted by Gasteiger charge is 2.21. The molecule has 1 N–H and O–H groups in total. The number of carbonyl (C=O) groups is 2. The maximum atomic E-state index is 12.0.